The van der Waals surface area contributed by atoms with Gasteiger partial charge in [-0.3, -0.25) is 14.5 Å². The molecule has 4 fully saturated rings. The van der Waals surface area contributed by atoms with Gasteiger partial charge in [-0.2, -0.15) is 0 Å². The van der Waals surface area contributed by atoms with Crippen molar-refractivity contribution in [2.45, 2.75) is 88.6 Å². The van der Waals surface area contributed by atoms with Crippen LogP contribution in [0.15, 0.2) is 0 Å². The maximum atomic E-state index is 14.3. The smallest absolute Gasteiger partial charge is 0.237 e. The Morgan fingerprint density at radius 3 is 2.86 bits per heavy atom. The molecule has 2 aliphatic carbocycles. The van der Waals surface area contributed by atoms with E-state index in [1.165, 1.54) is 0 Å². The van der Waals surface area contributed by atoms with Gasteiger partial charge in [-0.1, -0.05) is 6.92 Å². The SMILES string of the molecule is CC1CCC(F)C2CC(C(=O)N[C@@H]3CCC[C@H](N4CCCNC(=O)C4)C3)NC12. The normalized spacial score (nSPS) is 42.4. The van der Waals surface area contributed by atoms with Crippen LogP contribution in [-0.4, -0.2) is 66.7 Å². The van der Waals surface area contributed by atoms with Crippen molar-refractivity contribution in [1.29, 1.82) is 0 Å². The molecule has 7 heteroatoms. The van der Waals surface area contributed by atoms with E-state index in [0.717, 1.165) is 51.6 Å². The van der Waals surface area contributed by atoms with E-state index in [4.69, 9.17) is 0 Å². The summed E-state index contributed by atoms with van der Waals surface area (Å²) in [6, 6.07) is 0.380. The van der Waals surface area contributed by atoms with Crippen molar-refractivity contribution in [2.75, 3.05) is 19.6 Å². The molecule has 0 aromatic carbocycles. The molecule has 28 heavy (non-hydrogen) atoms. The number of carbonyl (C=O) groups is 2. The lowest BCUT2D eigenvalue weighted by molar-refractivity contribution is -0.125. The van der Waals surface area contributed by atoms with Crippen molar-refractivity contribution in [2.24, 2.45) is 11.8 Å². The molecule has 2 heterocycles. The maximum absolute atomic E-state index is 14.3. The van der Waals surface area contributed by atoms with Crippen molar-refractivity contribution in [3.63, 3.8) is 0 Å². The second-order valence-corrected chi connectivity index (χ2v) is 9.42. The molecule has 158 valence electrons. The van der Waals surface area contributed by atoms with Crippen LogP contribution in [0, 0.1) is 11.8 Å². The van der Waals surface area contributed by atoms with Gasteiger partial charge in [0.05, 0.1) is 12.6 Å². The highest BCUT2D eigenvalue weighted by molar-refractivity contribution is 5.82. The van der Waals surface area contributed by atoms with Gasteiger partial charge in [0.15, 0.2) is 0 Å². The van der Waals surface area contributed by atoms with E-state index < -0.39 is 6.17 Å². The lowest BCUT2D eigenvalue weighted by Gasteiger charge is -2.37. The number of halogens is 1. The Labute approximate surface area is 167 Å². The molecule has 4 rings (SSSR count). The molecule has 2 saturated heterocycles. The topological polar surface area (TPSA) is 73.5 Å². The Bertz CT molecular complexity index is 571. The third-order valence-electron chi connectivity index (χ3n) is 7.45. The zero-order valence-electron chi connectivity index (χ0n) is 17.0. The highest BCUT2D eigenvalue weighted by atomic mass is 19.1. The van der Waals surface area contributed by atoms with E-state index in [2.05, 4.69) is 27.8 Å². The van der Waals surface area contributed by atoms with Crippen LogP contribution in [0.2, 0.25) is 0 Å². The first-order valence-electron chi connectivity index (χ1n) is 11.2. The fourth-order valence-electron chi connectivity index (χ4n) is 5.87. The first kappa shape index (κ1) is 20.1. The highest BCUT2D eigenvalue weighted by Gasteiger charge is 2.46. The van der Waals surface area contributed by atoms with Gasteiger partial charge >= 0.3 is 0 Å². The summed E-state index contributed by atoms with van der Waals surface area (Å²) < 4.78 is 14.3. The van der Waals surface area contributed by atoms with Crippen LogP contribution in [-0.2, 0) is 9.59 Å². The fourth-order valence-corrected chi connectivity index (χ4v) is 5.87. The molecule has 2 amide bonds. The molecule has 0 radical (unpaired) electrons. The molecular weight excluding hydrogens is 359 g/mol. The number of hydrogen-bond acceptors (Lipinski definition) is 4. The quantitative estimate of drug-likeness (QED) is 0.676. The summed E-state index contributed by atoms with van der Waals surface area (Å²) in [5, 5.41) is 9.62. The van der Waals surface area contributed by atoms with Gasteiger partial charge in [-0.25, -0.2) is 4.39 Å². The predicted molar refractivity (Wildman–Crippen MR) is 105 cm³/mol. The Kier molecular flexibility index (Phi) is 6.21. The van der Waals surface area contributed by atoms with Crippen molar-refractivity contribution in [1.82, 2.24) is 20.9 Å². The minimum atomic E-state index is -0.778. The summed E-state index contributed by atoms with van der Waals surface area (Å²) in [4.78, 5) is 27.1. The Balaban J connectivity index is 1.31. The van der Waals surface area contributed by atoms with Crippen molar-refractivity contribution >= 4 is 11.8 Å². The lowest BCUT2D eigenvalue weighted by atomic mass is 9.77. The van der Waals surface area contributed by atoms with Crippen LogP contribution in [0.5, 0.6) is 0 Å². The maximum Gasteiger partial charge on any atom is 0.237 e. The van der Waals surface area contributed by atoms with E-state index in [-0.39, 0.29) is 35.9 Å². The van der Waals surface area contributed by atoms with Gasteiger partial charge in [-0.15, -0.1) is 0 Å². The summed E-state index contributed by atoms with van der Waals surface area (Å²) in [5.41, 5.74) is 0. The van der Waals surface area contributed by atoms with E-state index in [1.54, 1.807) is 0 Å². The van der Waals surface area contributed by atoms with Crippen LogP contribution in [0.1, 0.15) is 58.3 Å². The number of amides is 2. The highest BCUT2D eigenvalue weighted by Crippen LogP contribution is 2.38. The average Bonchev–Trinajstić information content (AvgIpc) is 3.03. The third-order valence-corrected chi connectivity index (χ3v) is 7.45. The van der Waals surface area contributed by atoms with Gasteiger partial charge < -0.3 is 16.0 Å². The van der Waals surface area contributed by atoms with Crippen molar-refractivity contribution < 1.29 is 14.0 Å². The second kappa shape index (κ2) is 8.66. The largest absolute Gasteiger partial charge is 0.355 e. The number of nitrogens with zero attached hydrogens (tertiary/aromatic N) is 1. The first-order valence-corrected chi connectivity index (χ1v) is 11.2. The summed E-state index contributed by atoms with van der Waals surface area (Å²) in [7, 11) is 0. The zero-order valence-corrected chi connectivity index (χ0v) is 17.0. The van der Waals surface area contributed by atoms with Crippen molar-refractivity contribution in [3.05, 3.63) is 0 Å². The van der Waals surface area contributed by atoms with Gasteiger partial charge in [-0.05, 0) is 57.3 Å². The van der Waals surface area contributed by atoms with E-state index in [9.17, 15) is 14.0 Å². The van der Waals surface area contributed by atoms with E-state index in [1.807, 2.05) is 0 Å². The van der Waals surface area contributed by atoms with E-state index in [0.29, 0.717) is 31.3 Å². The molecule has 5 unspecified atom stereocenters. The Morgan fingerprint density at radius 1 is 1.18 bits per heavy atom. The number of rotatable bonds is 3. The van der Waals surface area contributed by atoms with Gasteiger partial charge in [0.2, 0.25) is 11.8 Å². The van der Waals surface area contributed by atoms with Crippen LogP contribution in [0.3, 0.4) is 0 Å². The third kappa shape index (κ3) is 4.35. The molecule has 0 bridgehead atoms. The van der Waals surface area contributed by atoms with Crippen LogP contribution < -0.4 is 16.0 Å². The minimum absolute atomic E-state index is 0.0192. The molecule has 2 saturated carbocycles. The average molecular weight is 395 g/mol. The molecule has 2 aliphatic heterocycles. The number of fused-ring (bicyclic) bond motifs is 1. The molecule has 0 aromatic rings. The second-order valence-electron chi connectivity index (χ2n) is 9.42. The number of nitrogens with one attached hydrogen (secondary N) is 3. The minimum Gasteiger partial charge on any atom is -0.355 e. The van der Waals surface area contributed by atoms with E-state index >= 15 is 0 Å². The molecule has 7 atom stereocenters. The van der Waals surface area contributed by atoms with Crippen LogP contribution in [0.4, 0.5) is 4.39 Å². The van der Waals surface area contributed by atoms with Gasteiger partial charge in [0, 0.05) is 37.1 Å². The lowest BCUT2D eigenvalue weighted by Crippen LogP contribution is -2.51. The number of carbonyl (C=O) groups excluding carboxylic acids is 2. The zero-order chi connectivity index (χ0) is 19.7. The fraction of sp³-hybridized carbons (Fsp3) is 0.905. The Hall–Kier alpha value is -1.21. The molecular formula is C21H35FN4O2. The summed E-state index contributed by atoms with van der Waals surface area (Å²) in [5.74, 6) is 0.557. The molecule has 0 spiro atoms. The molecule has 3 N–H and O–H groups in total. The van der Waals surface area contributed by atoms with Gasteiger partial charge in [0.25, 0.3) is 0 Å². The summed E-state index contributed by atoms with van der Waals surface area (Å²) in [6.45, 7) is 4.33. The molecule has 6 nitrogen and oxygen atoms in total. The monoisotopic (exact) mass is 394 g/mol. The number of hydrogen-bond donors (Lipinski definition) is 3. The first-order chi connectivity index (χ1) is 13.5. The summed E-state index contributed by atoms with van der Waals surface area (Å²) in [6.07, 6.45) is 6.40. The molecule has 4 aliphatic rings. The summed E-state index contributed by atoms with van der Waals surface area (Å²) >= 11 is 0. The predicted octanol–water partition coefficient (Wildman–Crippen LogP) is 1.35. The standard InChI is InChI=1S/C21H35FN4O2/c1-13-6-7-17(22)16-11-18(25-20(13)16)21(28)24-14-4-2-5-15(10-14)26-9-3-8-23-19(27)12-26/h13-18,20,25H,2-12H2,1H3,(H,23,27)(H,24,28)/t13?,14-,15+,16?,17?,18?,20?/m1/s1. The van der Waals surface area contributed by atoms with Crippen LogP contribution >= 0.6 is 0 Å². The number of alkyl halides is 1. The van der Waals surface area contributed by atoms with Crippen molar-refractivity contribution in [3.8, 4) is 0 Å². The van der Waals surface area contributed by atoms with Crippen LogP contribution in [0.25, 0.3) is 0 Å². The molecule has 0 aromatic heterocycles. The van der Waals surface area contributed by atoms with Gasteiger partial charge in [0.1, 0.15) is 6.17 Å². The Morgan fingerprint density at radius 2 is 2.04 bits per heavy atom.